The molecule has 134 valence electrons. The molecule has 2 N–H and O–H groups in total. The van der Waals surface area contributed by atoms with Gasteiger partial charge in [0.15, 0.2) is 0 Å². The standard InChI is InChI=1S/C20H25O4P/c1-3-4-15-20(2,25(23,24)17-13-9-6-10-14-17)18(19(21)22)16-11-7-5-8-12-16/h5-14,18H,3-4,15H2,1-2H3,(H,21,22)(H,23,24). The summed E-state index contributed by atoms with van der Waals surface area (Å²) in [5.41, 5.74) is 0.554. The van der Waals surface area contributed by atoms with Gasteiger partial charge in [0, 0.05) is 5.30 Å². The second-order valence-corrected chi connectivity index (χ2v) is 9.24. The fourth-order valence-electron chi connectivity index (χ4n) is 3.34. The van der Waals surface area contributed by atoms with Gasteiger partial charge in [0.25, 0.3) is 0 Å². The maximum atomic E-state index is 13.6. The van der Waals surface area contributed by atoms with Crippen LogP contribution in [0, 0.1) is 0 Å². The summed E-state index contributed by atoms with van der Waals surface area (Å²) in [5, 5.41) is 8.95. The molecule has 0 aliphatic rings. The smallest absolute Gasteiger partial charge is 0.312 e. The molecule has 0 aliphatic heterocycles. The van der Waals surface area contributed by atoms with Gasteiger partial charge in [-0.25, -0.2) is 0 Å². The lowest BCUT2D eigenvalue weighted by Crippen LogP contribution is -2.40. The van der Waals surface area contributed by atoms with E-state index in [4.69, 9.17) is 0 Å². The zero-order chi connectivity index (χ0) is 18.5. The van der Waals surface area contributed by atoms with Crippen molar-refractivity contribution in [1.29, 1.82) is 0 Å². The molecule has 3 unspecified atom stereocenters. The molecule has 0 fully saturated rings. The third-order valence-corrected chi connectivity index (χ3v) is 7.70. The molecule has 0 saturated carbocycles. The van der Waals surface area contributed by atoms with E-state index in [1.165, 1.54) is 0 Å². The summed E-state index contributed by atoms with van der Waals surface area (Å²) in [6.45, 7) is 3.63. The summed E-state index contributed by atoms with van der Waals surface area (Å²) in [7, 11) is -3.95. The number of aliphatic carboxylic acids is 1. The van der Waals surface area contributed by atoms with Crippen LogP contribution in [0.3, 0.4) is 0 Å². The molecule has 0 saturated heterocycles. The van der Waals surface area contributed by atoms with Crippen LogP contribution in [0.1, 0.15) is 44.6 Å². The number of hydrogen-bond donors (Lipinski definition) is 2. The van der Waals surface area contributed by atoms with E-state index in [9.17, 15) is 19.4 Å². The Morgan fingerprint density at radius 3 is 2.08 bits per heavy atom. The molecule has 0 radical (unpaired) electrons. The minimum atomic E-state index is -3.95. The molecular formula is C20H25O4P. The Kier molecular flexibility index (Phi) is 6.21. The second-order valence-electron chi connectivity index (χ2n) is 6.55. The van der Waals surface area contributed by atoms with E-state index in [1.54, 1.807) is 61.5 Å². The molecule has 0 amide bonds. The van der Waals surface area contributed by atoms with Gasteiger partial charge in [-0.2, -0.15) is 0 Å². The Bertz CT molecular complexity index is 745. The fraction of sp³-hybridized carbons (Fsp3) is 0.350. The fourth-order valence-corrected chi connectivity index (χ4v) is 5.58. The number of benzene rings is 2. The first-order valence-corrected chi connectivity index (χ1v) is 10.2. The van der Waals surface area contributed by atoms with Crippen LogP contribution >= 0.6 is 7.37 Å². The van der Waals surface area contributed by atoms with Gasteiger partial charge in [-0.05, 0) is 31.0 Å². The highest BCUT2D eigenvalue weighted by atomic mass is 31.2. The molecule has 0 aliphatic carbocycles. The molecule has 25 heavy (non-hydrogen) atoms. The van der Waals surface area contributed by atoms with Crippen molar-refractivity contribution < 1.29 is 19.4 Å². The minimum Gasteiger partial charge on any atom is -0.481 e. The Morgan fingerprint density at radius 2 is 1.60 bits per heavy atom. The van der Waals surface area contributed by atoms with Gasteiger partial charge in [0.1, 0.15) is 0 Å². The van der Waals surface area contributed by atoms with Crippen LogP contribution in [0.25, 0.3) is 0 Å². The first-order chi connectivity index (χ1) is 11.8. The van der Waals surface area contributed by atoms with Crippen molar-refractivity contribution >= 4 is 18.6 Å². The summed E-state index contributed by atoms with van der Waals surface area (Å²) in [5.74, 6) is -2.13. The monoisotopic (exact) mass is 360 g/mol. The van der Waals surface area contributed by atoms with Crippen LogP contribution in [-0.4, -0.2) is 21.1 Å². The van der Waals surface area contributed by atoms with Gasteiger partial charge in [-0.1, -0.05) is 68.3 Å². The Hall–Kier alpha value is -1.90. The normalized spacial score (nSPS) is 17.2. The van der Waals surface area contributed by atoms with E-state index in [2.05, 4.69) is 0 Å². The van der Waals surface area contributed by atoms with Gasteiger partial charge in [-0.3, -0.25) is 9.36 Å². The summed E-state index contributed by atoms with van der Waals surface area (Å²) in [4.78, 5) is 23.3. The van der Waals surface area contributed by atoms with E-state index < -0.39 is 24.4 Å². The molecule has 4 nitrogen and oxygen atoms in total. The highest BCUT2D eigenvalue weighted by molar-refractivity contribution is 7.67. The molecule has 0 bridgehead atoms. The average Bonchev–Trinajstić information content (AvgIpc) is 2.61. The van der Waals surface area contributed by atoms with Crippen LogP contribution < -0.4 is 5.30 Å². The first-order valence-electron chi connectivity index (χ1n) is 8.51. The van der Waals surface area contributed by atoms with Crippen molar-refractivity contribution in [3.05, 3.63) is 66.2 Å². The quantitative estimate of drug-likeness (QED) is 0.684. The molecule has 2 rings (SSSR count). The van der Waals surface area contributed by atoms with Crippen LogP contribution in [0.5, 0.6) is 0 Å². The van der Waals surface area contributed by atoms with E-state index in [0.717, 1.165) is 6.42 Å². The van der Waals surface area contributed by atoms with Gasteiger partial charge in [0.05, 0.1) is 11.1 Å². The van der Waals surface area contributed by atoms with E-state index >= 15 is 0 Å². The third kappa shape index (κ3) is 3.86. The van der Waals surface area contributed by atoms with Gasteiger partial charge >= 0.3 is 5.97 Å². The summed E-state index contributed by atoms with van der Waals surface area (Å²) in [6.07, 6.45) is 1.87. The maximum Gasteiger partial charge on any atom is 0.312 e. The lowest BCUT2D eigenvalue weighted by atomic mass is 9.83. The highest BCUT2D eigenvalue weighted by Gasteiger charge is 2.53. The van der Waals surface area contributed by atoms with Crippen molar-refractivity contribution in [1.82, 2.24) is 0 Å². The molecular weight excluding hydrogens is 335 g/mol. The van der Waals surface area contributed by atoms with Crippen LogP contribution in [0.4, 0.5) is 0 Å². The van der Waals surface area contributed by atoms with Crippen molar-refractivity contribution in [2.24, 2.45) is 0 Å². The zero-order valence-electron chi connectivity index (χ0n) is 14.6. The molecule has 0 heterocycles. The van der Waals surface area contributed by atoms with Gasteiger partial charge in [-0.15, -0.1) is 0 Å². The van der Waals surface area contributed by atoms with Crippen LogP contribution in [0.2, 0.25) is 0 Å². The predicted molar refractivity (Wildman–Crippen MR) is 101 cm³/mol. The molecule has 0 aromatic heterocycles. The Morgan fingerprint density at radius 1 is 1.08 bits per heavy atom. The SMILES string of the molecule is CCCCC(C)(C(C(=O)O)c1ccccc1)P(=O)(O)c1ccccc1. The third-order valence-electron chi connectivity index (χ3n) is 4.84. The number of carboxylic acid groups (broad SMARTS) is 1. The highest BCUT2D eigenvalue weighted by Crippen LogP contribution is 2.61. The molecule has 2 aromatic carbocycles. The predicted octanol–water partition coefficient (Wildman–Crippen LogP) is 4.40. The van der Waals surface area contributed by atoms with Crippen LogP contribution in [0.15, 0.2) is 60.7 Å². The minimum absolute atomic E-state index is 0.302. The number of carboxylic acids is 1. The van der Waals surface area contributed by atoms with Crippen molar-refractivity contribution in [2.45, 2.75) is 44.2 Å². The summed E-state index contributed by atoms with van der Waals surface area (Å²) >= 11 is 0. The number of rotatable bonds is 8. The van der Waals surface area contributed by atoms with Crippen molar-refractivity contribution in [3.8, 4) is 0 Å². The maximum absolute atomic E-state index is 13.6. The largest absolute Gasteiger partial charge is 0.481 e. The number of carbonyl (C=O) groups is 1. The van der Waals surface area contributed by atoms with Gasteiger partial charge in [0.2, 0.25) is 7.37 Å². The lowest BCUT2D eigenvalue weighted by molar-refractivity contribution is -0.139. The molecule has 2 aromatic rings. The summed E-state index contributed by atoms with van der Waals surface area (Å²) in [6, 6.07) is 17.2. The van der Waals surface area contributed by atoms with E-state index in [1.807, 2.05) is 13.0 Å². The Balaban J connectivity index is 2.63. The molecule has 5 heteroatoms. The lowest BCUT2D eigenvalue weighted by Gasteiger charge is -2.39. The van der Waals surface area contributed by atoms with Crippen molar-refractivity contribution in [3.63, 3.8) is 0 Å². The summed E-state index contributed by atoms with van der Waals surface area (Å²) < 4.78 is 13.6. The Labute approximate surface area is 149 Å². The average molecular weight is 360 g/mol. The topological polar surface area (TPSA) is 74.6 Å². The van der Waals surface area contributed by atoms with Crippen molar-refractivity contribution in [2.75, 3.05) is 0 Å². The second kappa shape index (κ2) is 7.99. The number of hydrogen-bond acceptors (Lipinski definition) is 2. The first kappa shape index (κ1) is 19.4. The van der Waals surface area contributed by atoms with E-state index in [-0.39, 0.29) is 0 Å². The molecule has 3 atom stereocenters. The number of unbranched alkanes of at least 4 members (excludes halogenated alkanes) is 1. The van der Waals surface area contributed by atoms with E-state index in [0.29, 0.717) is 23.7 Å². The molecule has 0 spiro atoms. The zero-order valence-corrected chi connectivity index (χ0v) is 15.5. The van der Waals surface area contributed by atoms with Gasteiger partial charge < -0.3 is 10.00 Å². The van der Waals surface area contributed by atoms with Crippen LogP contribution in [-0.2, 0) is 9.36 Å².